The number of anilines is 1. The van der Waals surface area contributed by atoms with Crippen molar-refractivity contribution in [2.45, 2.75) is 26.2 Å². The molecule has 1 aliphatic carbocycles. The van der Waals surface area contributed by atoms with E-state index in [0.29, 0.717) is 28.5 Å². The predicted octanol–water partition coefficient (Wildman–Crippen LogP) is 4.31. The van der Waals surface area contributed by atoms with Crippen molar-refractivity contribution in [1.29, 1.82) is 0 Å². The Hall–Kier alpha value is -1.97. The lowest BCUT2D eigenvalue weighted by molar-refractivity contribution is 0.0527. The number of ether oxygens (including phenoxy) is 2. The van der Waals surface area contributed by atoms with E-state index in [-0.39, 0.29) is 11.1 Å². The molecule has 1 amide bonds. The Kier molecular flexibility index (Phi) is 6.69. The van der Waals surface area contributed by atoms with E-state index in [1.165, 1.54) is 18.4 Å². The Morgan fingerprint density at radius 3 is 2.82 bits per heavy atom. The molecule has 6 nitrogen and oxygen atoms in total. The maximum atomic E-state index is 12.6. The number of esters is 1. The number of thiophene rings is 1. The van der Waals surface area contributed by atoms with E-state index in [0.717, 1.165) is 34.2 Å². The highest BCUT2D eigenvalue weighted by molar-refractivity contribution is 9.10. The molecule has 0 unspecified atom stereocenters. The quantitative estimate of drug-likeness (QED) is 0.488. The van der Waals surface area contributed by atoms with Crippen molar-refractivity contribution >= 4 is 61.5 Å². The zero-order valence-corrected chi connectivity index (χ0v) is 18.6. The highest BCUT2D eigenvalue weighted by atomic mass is 79.9. The number of thiocarbonyl (C=S) groups is 1. The molecule has 1 aromatic carbocycles. The number of amides is 1. The maximum absolute atomic E-state index is 12.6. The van der Waals surface area contributed by atoms with E-state index in [2.05, 4.69) is 26.6 Å². The second-order valence-electron chi connectivity index (χ2n) is 6.03. The SMILES string of the molecule is CCOC(=O)c1c(NC(=S)NC(=O)c2cc(Br)ccc2OC)sc2c1CCC2. The molecule has 0 fully saturated rings. The molecule has 28 heavy (non-hydrogen) atoms. The van der Waals surface area contributed by atoms with Gasteiger partial charge in [-0.15, -0.1) is 11.3 Å². The number of carbonyl (C=O) groups is 2. The fraction of sp³-hybridized carbons (Fsp3) is 0.316. The number of methoxy groups -OCH3 is 1. The average Bonchev–Trinajstić information content (AvgIpc) is 3.22. The van der Waals surface area contributed by atoms with Gasteiger partial charge in [-0.3, -0.25) is 10.1 Å². The molecule has 0 atom stereocenters. The van der Waals surface area contributed by atoms with Crippen LogP contribution in [0.5, 0.6) is 5.75 Å². The van der Waals surface area contributed by atoms with E-state index >= 15 is 0 Å². The van der Waals surface area contributed by atoms with Crippen molar-refractivity contribution in [2.75, 3.05) is 19.0 Å². The molecule has 2 N–H and O–H groups in total. The van der Waals surface area contributed by atoms with Crippen LogP contribution >= 0.6 is 39.5 Å². The number of hydrogen-bond acceptors (Lipinski definition) is 6. The van der Waals surface area contributed by atoms with Crippen molar-refractivity contribution in [3.8, 4) is 5.75 Å². The first-order valence-electron chi connectivity index (χ1n) is 8.72. The van der Waals surface area contributed by atoms with Crippen molar-refractivity contribution < 1.29 is 19.1 Å². The highest BCUT2D eigenvalue weighted by Gasteiger charge is 2.28. The third kappa shape index (κ3) is 4.37. The van der Waals surface area contributed by atoms with Crippen molar-refractivity contribution in [1.82, 2.24) is 5.32 Å². The van der Waals surface area contributed by atoms with Crippen LogP contribution in [0.4, 0.5) is 5.00 Å². The van der Waals surface area contributed by atoms with Crippen LogP contribution in [0.2, 0.25) is 0 Å². The number of aryl methyl sites for hydroxylation is 1. The molecule has 0 saturated carbocycles. The van der Waals surface area contributed by atoms with Crippen molar-refractivity contribution in [2.24, 2.45) is 0 Å². The normalized spacial score (nSPS) is 12.2. The van der Waals surface area contributed by atoms with Gasteiger partial charge in [0.2, 0.25) is 0 Å². The summed E-state index contributed by atoms with van der Waals surface area (Å²) in [6.07, 6.45) is 2.80. The Morgan fingerprint density at radius 2 is 2.11 bits per heavy atom. The van der Waals surface area contributed by atoms with Gasteiger partial charge in [-0.25, -0.2) is 4.79 Å². The Bertz CT molecular complexity index is 942. The maximum Gasteiger partial charge on any atom is 0.341 e. The third-order valence-corrected chi connectivity index (χ3v) is 6.17. The van der Waals surface area contributed by atoms with Gasteiger partial charge in [0.15, 0.2) is 5.11 Å². The van der Waals surface area contributed by atoms with Crippen LogP contribution in [0, 0.1) is 0 Å². The van der Waals surface area contributed by atoms with Crippen molar-refractivity contribution in [3.05, 3.63) is 44.2 Å². The number of fused-ring (bicyclic) bond motifs is 1. The van der Waals surface area contributed by atoms with Gasteiger partial charge in [-0.1, -0.05) is 15.9 Å². The summed E-state index contributed by atoms with van der Waals surface area (Å²) in [5, 5.41) is 6.36. The van der Waals surface area contributed by atoms with Gasteiger partial charge in [0.25, 0.3) is 5.91 Å². The Balaban J connectivity index is 1.78. The van der Waals surface area contributed by atoms with Gasteiger partial charge in [-0.2, -0.15) is 0 Å². The zero-order valence-electron chi connectivity index (χ0n) is 15.4. The molecule has 3 rings (SSSR count). The fourth-order valence-corrected chi connectivity index (χ4v) is 4.98. The Morgan fingerprint density at radius 1 is 1.32 bits per heavy atom. The minimum absolute atomic E-state index is 0.109. The lowest BCUT2D eigenvalue weighted by Gasteiger charge is -2.12. The second kappa shape index (κ2) is 9.02. The summed E-state index contributed by atoms with van der Waals surface area (Å²) >= 11 is 10.1. The largest absolute Gasteiger partial charge is 0.496 e. The average molecular weight is 483 g/mol. The monoisotopic (exact) mass is 482 g/mol. The molecule has 0 radical (unpaired) electrons. The molecule has 1 aromatic heterocycles. The third-order valence-electron chi connectivity index (χ3n) is 4.26. The van der Waals surface area contributed by atoms with E-state index < -0.39 is 5.91 Å². The van der Waals surface area contributed by atoms with Crippen LogP contribution in [0.3, 0.4) is 0 Å². The van der Waals surface area contributed by atoms with Gasteiger partial charge in [0.1, 0.15) is 10.8 Å². The summed E-state index contributed by atoms with van der Waals surface area (Å²) < 4.78 is 11.2. The van der Waals surface area contributed by atoms with Gasteiger partial charge in [0.05, 0.1) is 24.8 Å². The number of halogens is 1. The molecule has 9 heteroatoms. The topological polar surface area (TPSA) is 76.7 Å². The molecule has 1 aliphatic rings. The van der Waals surface area contributed by atoms with Gasteiger partial charge in [-0.05, 0) is 62.2 Å². The number of benzene rings is 1. The fourth-order valence-electron chi connectivity index (χ4n) is 3.07. The zero-order chi connectivity index (χ0) is 20.3. The number of carbonyl (C=O) groups excluding carboxylic acids is 2. The van der Waals surface area contributed by atoms with Gasteiger partial charge < -0.3 is 14.8 Å². The first-order valence-corrected chi connectivity index (χ1v) is 10.7. The molecule has 1 heterocycles. The highest BCUT2D eigenvalue weighted by Crippen LogP contribution is 2.39. The van der Waals surface area contributed by atoms with Crippen molar-refractivity contribution in [3.63, 3.8) is 0 Å². The molecule has 0 saturated heterocycles. The minimum atomic E-state index is -0.405. The van der Waals surface area contributed by atoms with Gasteiger partial charge >= 0.3 is 5.97 Å². The van der Waals surface area contributed by atoms with E-state index in [1.54, 1.807) is 25.1 Å². The summed E-state index contributed by atoms with van der Waals surface area (Å²) in [5.41, 5.74) is 1.89. The Labute approximate surface area is 180 Å². The number of nitrogens with one attached hydrogen (secondary N) is 2. The van der Waals surface area contributed by atoms with E-state index in [9.17, 15) is 9.59 Å². The second-order valence-corrected chi connectivity index (χ2v) is 8.46. The summed E-state index contributed by atoms with van der Waals surface area (Å²) in [4.78, 5) is 26.2. The molecule has 0 spiro atoms. The summed E-state index contributed by atoms with van der Waals surface area (Å²) in [5.74, 6) is -0.338. The molecule has 2 aromatic rings. The lowest BCUT2D eigenvalue weighted by atomic mass is 10.1. The predicted molar refractivity (Wildman–Crippen MR) is 117 cm³/mol. The molecule has 0 aliphatic heterocycles. The summed E-state index contributed by atoms with van der Waals surface area (Å²) in [6, 6.07) is 5.13. The van der Waals surface area contributed by atoms with Crippen LogP contribution in [0.1, 0.15) is 44.5 Å². The lowest BCUT2D eigenvalue weighted by Crippen LogP contribution is -2.34. The smallest absolute Gasteiger partial charge is 0.341 e. The number of rotatable bonds is 5. The molecular formula is C19H19BrN2O4S2. The minimum Gasteiger partial charge on any atom is -0.496 e. The van der Waals surface area contributed by atoms with Crippen LogP contribution < -0.4 is 15.4 Å². The van der Waals surface area contributed by atoms with Crippen LogP contribution in [0.15, 0.2) is 22.7 Å². The molecule has 148 valence electrons. The van der Waals surface area contributed by atoms with Crippen LogP contribution in [0.25, 0.3) is 0 Å². The van der Waals surface area contributed by atoms with E-state index in [4.69, 9.17) is 21.7 Å². The van der Waals surface area contributed by atoms with E-state index in [1.807, 2.05) is 0 Å². The molecule has 0 bridgehead atoms. The first-order chi connectivity index (χ1) is 13.4. The summed E-state index contributed by atoms with van der Waals surface area (Å²) in [7, 11) is 1.50. The number of hydrogen-bond donors (Lipinski definition) is 2. The first kappa shape index (κ1) is 20.8. The summed E-state index contributed by atoms with van der Waals surface area (Å²) in [6.45, 7) is 2.07. The van der Waals surface area contributed by atoms with Crippen LogP contribution in [-0.4, -0.2) is 30.7 Å². The molecular weight excluding hydrogens is 464 g/mol. The standard InChI is InChI=1S/C19H19BrN2O4S2/c1-3-26-18(24)15-11-5-4-6-14(11)28-17(15)22-19(27)21-16(23)12-9-10(20)7-8-13(12)25-2/h7-9H,3-6H2,1-2H3,(H2,21,22,23,27). The van der Waals surface area contributed by atoms with Crippen LogP contribution in [-0.2, 0) is 17.6 Å². The van der Waals surface area contributed by atoms with Gasteiger partial charge in [0, 0.05) is 9.35 Å².